The van der Waals surface area contributed by atoms with E-state index in [1.165, 1.54) is 57.9 Å². The number of hydrogen-bond donors (Lipinski definition) is 5. The van der Waals surface area contributed by atoms with Crippen LogP contribution >= 0.6 is 23.4 Å². The largest absolute Gasteiger partial charge is 0.490 e. The zero-order valence-electron chi connectivity index (χ0n) is 40.8. The highest BCUT2D eigenvalue weighted by molar-refractivity contribution is 7.98. The average molecular weight is 1020 g/mol. The van der Waals surface area contributed by atoms with Crippen molar-refractivity contribution in [3.8, 4) is 40.5 Å². The van der Waals surface area contributed by atoms with Crippen LogP contribution in [0.2, 0.25) is 5.02 Å². The molecule has 0 saturated carbocycles. The second-order valence-electron chi connectivity index (χ2n) is 17.8. The predicted octanol–water partition coefficient (Wildman–Crippen LogP) is 6.34. The van der Waals surface area contributed by atoms with Crippen molar-refractivity contribution in [1.82, 2.24) is 31.2 Å². The second kappa shape index (κ2) is 24.8. The summed E-state index contributed by atoms with van der Waals surface area (Å²) in [6.07, 6.45) is -1.52. The van der Waals surface area contributed by atoms with Gasteiger partial charge in [0.05, 0.1) is 11.3 Å². The zero-order chi connectivity index (χ0) is 52.8. The molecule has 4 rings (SSSR count). The maximum atomic E-state index is 13.4. The van der Waals surface area contributed by atoms with E-state index in [2.05, 4.69) is 37.3 Å². The van der Waals surface area contributed by atoms with Gasteiger partial charge in [-0.15, -0.1) is 0 Å². The molecule has 4 aromatic rings. The third-order valence-electron chi connectivity index (χ3n) is 9.37. The van der Waals surface area contributed by atoms with Gasteiger partial charge in [-0.25, -0.2) is 29.1 Å². The molecule has 6 N–H and O–H groups in total. The number of alkyl carbamates (subject to hydrolysis) is 2. The van der Waals surface area contributed by atoms with Crippen LogP contribution < -0.4 is 31.7 Å². The van der Waals surface area contributed by atoms with E-state index in [0.717, 1.165) is 0 Å². The lowest BCUT2D eigenvalue weighted by atomic mass is 9.97. The number of amides is 4. The number of benzene rings is 2. The molecule has 2 aromatic carbocycles. The number of carbonyl (C=O) groups is 6. The van der Waals surface area contributed by atoms with Crippen LogP contribution in [0, 0.1) is 22.7 Å². The minimum atomic E-state index is -1.31. The lowest BCUT2D eigenvalue weighted by molar-refractivity contribution is -0.163. The van der Waals surface area contributed by atoms with Crippen molar-refractivity contribution in [2.75, 3.05) is 18.9 Å². The number of rotatable bonds is 19. The number of nitriles is 2. The highest BCUT2D eigenvalue weighted by Crippen LogP contribution is 2.37. The van der Waals surface area contributed by atoms with E-state index in [9.17, 15) is 39.3 Å². The third kappa shape index (κ3) is 17.4. The van der Waals surface area contributed by atoms with Crippen molar-refractivity contribution in [3.05, 3.63) is 76.6 Å². The fourth-order valence-electron chi connectivity index (χ4n) is 5.92. The van der Waals surface area contributed by atoms with Gasteiger partial charge >= 0.3 is 24.1 Å². The number of nitrogens with one attached hydrogen (secondary N) is 4. The molecule has 0 aliphatic heterocycles. The summed E-state index contributed by atoms with van der Waals surface area (Å²) in [7, 11) is 0. The zero-order valence-corrected chi connectivity index (χ0v) is 42.3. The molecule has 23 heteroatoms. The Hall–Kier alpha value is -7.56. The monoisotopic (exact) mass is 1020 g/mol. The molecule has 378 valence electrons. The second-order valence-corrected chi connectivity index (χ2v) is 19.2. The van der Waals surface area contributed by atoms with E-state index < -0.39 is 90.6 Å². The average Bonchev–Trinajstić information content (AvgIpc) is 3.76. The molecule has 0 fully saturated rings. The molecule has 0 bridgehead atoms. The Bertz CT molecular complexity index is 2650. The van der Waals surface area contributed by atoms with Gasteiger partial charge in [-0.05, 0) is 111 Å². The minimum Gasteiger partial charge on any atom is -0.490 e. The number of oxazole rings is 1. The fraction of sp³-hybridized carbons (Fsp3) is 0.417. The van der Waals surface area contributed by atoms with E-state index in [4.69, 9.17) is 45.4 Å². The number of ether oxygens (including phenoxy) is 5. The van der Waals surface area contributed by atoms with Gasteiger partial charge in [-0.3, -0.25) is 9.59 Å². The number of carbonyl (C=O) groups excluding carboxylic acids is 6. The lowest BCUT2D eigenvalue weighted by Crippen LogP contribution is -2.51. The van der Waals surface area contributed by atoms with Crippen molar-refractivity contribution in [1.29, 1.82) is 10.5 Å². The summed E-state index contributed by atoms with van der Waals surface area (Å²) in [5.41, 5.74) is 6.57. The summed E-state index contributed by atoms with van der Waals surface area (Å²) >= 11 is 7.18. The van der Waals surface area contributed by atoms with Crippen LogP contribution in [0.25, 0.3) is 22.6 Å². The summed E-state index contributed by atoms with van der Waals surface area (Å²) in [4.78, 5) is 85.4. The van der Waals surface area contributed by atoms with Crippen LogP contribution in [-0.2, 0) is 43.9 Å². The van der Waals surface area contributed by atoms with Gasteiger partial charge in [0.1, 0.15) is 89.1 Å². The molecule has 0 saturated heterocycles. The van der Waals surface area contributed by atoms with Gasteiger partial charge in [0, 0.05) is 21.9 Å². The number of nitrogen functional groups attached to an aromatic ring is 1. The quantitative estimate of drug-likeness (QED) is 0.0388. The van der Waals surface area contributed by atoms with Gasteiger partial charge in [0.2, 0.25) is 17.7 Å². The molecule has 0 spiro atoms. The summed E-state index contributed by atoms with van der Waals surface area (Å²) in [6, 6.07) is 12.6. The number of anilines is 1. The van der Waals surface area contributed by atoms with Crippen LogP contribution in [0.5, 0.6) is 5.75 Å². The van der Waals surface area contributed by atoms with E-state index >= 15 is 0 Å². The Morgan fingerprint density at radius 2 is 1.24 bits per heavy atom. The summed E-state index contributed by atoms with van der Waals surface area (Å²) in [5.74, 6) is -2.63. The molecule has 2 heterocycles. The maximum absolute atomic E-state index is 13.4. The third-order valence-corrected chi connectivity index (χ3v) is 10.6. The van der Waals surface area contributed by atoms with E-state index in [1.54, 1.807) is 77.9 Å². The number of thioether (sulfide) groups is 1. The molecule has 2 aromatic heterocycles. The molecule has 0 radical (unpaired) electrons. The van der Waals surface area contributed by atoms with Crippen molar-refractivity contribution >= 4 is 65.1 Å². The summed E-state index contributed by atoms with van der Waals surface area (Å²) < 4.78 is 33.0. The van der Waals surface area contributed by atoms with E-state index in [0.29, 0.717) is 27.7 Å². The predicted molar refractivity (Wildman–Crippen MR) is 259 cm³/mol. The van der Waals surface area contributed by atoms with Crippen LogP contribution in [0.1, 0.15) is 86.1 Å². The molecule has 4 amide bonds. The highest BCUT2D eigenvalue weighted by Gasteiger charge is 2.29. The number of pyridine rings is 1. The number of halogens is 1. The molecular formula is C48H56ClN9O12S. The van der Waals surface area contributed by atoms with Crippen LogP contribution in [-0.4, -0.2) is 101 Å². The summed E-state index contributed by atoms with van der Waals surface area (Å²) in [5, 5.41) is 30.9. The van der Waals surface area contributed by atoms with Gasteiger partial charge in [-0.1, -0.05) is 35.5 Å². The van der Waals surface area contributed by atoms with Crippen LogP contribution in [0.3, 0.4) is 0 Å². The Morgan fingerprint density at radius 1 is 0.718 bits per heavy atom. The Labute approximate surface area is 419 Å². The molecule has 21 nitrogen and oxygen atoms in total. The first-order chi connectivity index (χ1) is 33.3. The van der Waals surface area contributed by atoms with E-state index in [-0.39, 0.29) is 39.0 Å². The molecule has 5 atom stereocenters. The first kappa shape index (κ1) is 56.0. The molecule has 0 aliphatic rings. The topological polar surface area (TPSA) is 309 Å². The van der Waals surface area contributed by atoms with E-state index in [1.807, 2.05) is 6.07 Å². The van der Waals surface area contributed by atoms with Gasteiger partial charge in [0.15, 0.2) is 6.10 Å². The number of nitrogens with two attached hydrogens (primary N) is 1. The smallest absolute Gasteiger partial charge is 0.408 e. The Balaban J connectivity index is 1.49. The number of esters is 2. The first-order valence-corrected chi connectivity index (χ1v) is 23.3. The fourth-order valence-corrected chi connectivity index (χ4v) is 6.91. The molecular weight excluding hydrogens is 962 g/mol. The minimum absolute atomic E-state index is 0.0322. The maximum Gasteiger partial charge on any atom is 0.408 e. The lowest BCUT2D eigenvalue weighted by Gasteiger charge is -2.24. The van der Waals surface area contributed by atoms with Gasteiger partial charge in [-0.2, -0.15) is 10.5 Å². The van der Waals surface area contributed by atoms with Crippen molar-refractivity contribution in [2.24, 2.45) is 0 Å². The molecule has 0 unspecified atom stereocenters. The van der Waals surface area contributed by atoms with Crippen LogP contribution in [0.15, 0.2) is 64.2 Å². The van der Waals surface area contributed by atoms with Crippen molar-refractivity contribution < 1.29 is 56.9 Å². The summed E-state index contributed by atoms with van der Waals surface area (Å²) in [6.45, 7) is 14.4. The SMILES string of the molecule is C[C@H](NC(=O)[C@@H](C)NC(=O)OC(C)(C)C)C(=O)OC[C@H](COc1ccc(-c2c(C#N)c(N)nc(SCc3coc(-c4ccc(Cl)cc4)n3)c2C#N)cc1)OC(=O)[C@H](C)NC(=O)[C@@H](C)NC(=O)OC(C)(C)C. The number of hydrogen-bond acceptors (Lipinski definition) is 18. The van der Waals surface area contributed by atoms with Crippen molar-refractivity contribution in [2.45, 2.75) is 121 Å². The standard InChI is InChI=1S/C48H56ClN9O12S/c1-25(55-45(63)69-47(5,6)7)39(59)53-27(3)43(61)67-23-34(68-44(62)28(4)54-40(60)26(2)56-46(64)70-48(8,9)10)22-65-33-17-13-29(14-18-33)37-35(19-50)38(52)58-42(36(37)20-51)71-24-32-21-66-41(57-32)30-11-15-31(49)16-12-30/h11-18,21,25-28,34H,22-24H2,1-10H3,(H2,52,58)(H,53,59)(H,54,60)(H,55,63)(H,56,64)/t25-,26-,27+,28+,34+/m1/s1. The molecule has 0 aliphatic carbocycles. The van der Waals surface area contributed by atoms with Gasteiger partial charge in [0.25, 0.3) is 0 Å². The molecule has 71 heavy (non-hydrogen) atoms. The van der Waals surface area contributed by atoms with Crippen molar-refractivity contribution in [3.63, 3.8) is 0 Å². The van der Waals surface area contributed by atoms with Gasteiger partial charge < -0.3 is 55.1 Å². The normalized spacial score (nSPS) is 13.3. The number of aromatic nitrogens is 2. The Morgan fingerprint density at radius 3 is 1.76 bits per heavy atom. The number of nitrogens with zero attached hydrogens (tertiary/aromatic N) is 4. The highest BCUT2D eigenvalue weighted by atomic mass is 35.5. The first-order valence-electron chi connectivity index (χ1n) is 21.9. The Kier molecular flexibility index (Phi) is 19.6. The van der Waals surface area contributed by atoms with Crippen LogP contribution in [0.4, 0.5) is 15.4 Å².